The largest absolute Gasteiger partial charge is 0.480 e. The normalized spacial score (nSPS) is 13.0. The van der Waals surface area contributed by atoms with Crippen molar-refractivity contribution in [3.63, 3.8) is 0 Å². The molecule has 6 nitrogen and oxygen atoms in total. The summed E-state index contributed by atoms with van der Waals surface area (Å²) >= 11 is 0. The molecule has 2 N–H and O–H groups in total. The van der Waals surface area contributed by atoms with Gasteiger partial charge < -0.3 is 15.2 Å². The molecular weight excluding hydrogens is 238 g/mol. The Bertz CT molecular complexity index is 523. The summed E-state index contributed by atoms with van der Waals surface area (Å²) in [6.07, 6.45) is 0.256. The van der Waals surface area contributed by atoms with E-state index in [4.69, 9.17) is 9.84 Å². The average molecular weight is 249 g/mol. The molecule has 0 aromatic heterocycles. The lowest BCUT2D eigenvalue weighted by Crippen LogP contribution is -2.14. The van der Waals surface area contributed by atoms with Crippen LogP contribution in [0.2, 0.25) is 0 Å². The topological polar surface area (TPSA) is 92.7 Å². The van der Waals surface area contributed by atoms with Crippen LogP contribution in [0.4, 0.5) is 5.69 Å². The highest BCUT2D eigenvalue weighted by molar-refractivity contribution is 6.02. The molecule has 0 saturated carbocycles. The predicted octanol–water partition coefficient (Wildman–Crippen LogP) is 0.465. The van der Waals surface area contributed by atoms with Crippen molar-refractivity contribution in [2.45, 2.75) is 6.42 Å². The fourth-order valence-corrected chi connectivity index (χ4v) is 1.72. The quantitative estimate of drug-likeness (QED) is 0.740. The van der Waals surface area contributed by atoms with Crippen LogP contribution in [0.25, 0.3) is 0 Å². The molecule has 1 heterocycles. The van der Waals surface area contributed by atoms with Gasteiger partial charge in [-0.05, 0) is 23.8 Å². The first-order chi connectivity index (χ1) is 8.56. The number of amides is 1. The second-order valence-electron chi connectivity index (χ2n) is 3.91. The zero-order chi connectivity index (χ0) is 13.1. The maximum absolute atomic E-state index is 11.7. The lowest BCUT2D eigenvalue weighted by Gasteiger charge is -2.03. The van der Waals surface area contributed by atoms with E-state index < -0.39 is 12.6 Å². The zero-order valence-electron chi connectivity index (χ0n) is 9.43. The van der Waals surface area contributed by atoms with Gasteiger partial charge in [-0.1, -0.05) is 0 Å². The van der Waals surface area contributed by atoms with Gasteiger partial charge in [-0.2, -0.15) is 0 Å². The number of hydrogen-bond donors (Lipinski definition) is 2. The fourth-order valence-electron chi connectivity index (χ4n) is 1.72. The number of Topliss-reactive ketones (excluding diaryl/α,β-unsaturated/α-hetero) is 1. The fraction of sp³-hybridized carbons (Fsp3) is 0.250. The summed E-state index contributed by atoms with van der Waals surface area (Å²) in [6, 6.07) is 4.86. The van der Waals surface area contributed by atoms with E-state index in [9.17, 15) is 14.4 Å². The predicted molar refractivity (Wildman–Crippen MR) is 61.6 cm³/mol. The molecule has 2 rings (SSSR count). The first-order valence-electron chi connectivity index (χ1n) is 5.32. The number of hydrogen-bond acceptors (Lipinski definition) is 4. The molecule has 0 saturated heterocycles. The van der Waals surface area contributed by atoms with Crippen molar-refractivity contribution in [2.24, 2.45) is 0 Å². The molecule has 6 heteroatoms. The third-order valence-corrected chi connectivity index (χ3v) is 2.51. The summed E-state index contributed by atoms with van der Waals surface area (Å²) in [6.45, 7) is -0.789. The minimum absolute atomic E-state index is 0.100. The van der Waals surface area contributed by atoms with Crippen molar-refractivity contribution in [1.29, 1.82) is 0 Å². The molecule has 0 atom stereocenters. The first-order valence-corrected chi connectivity index (χ1v) is 5.32. The lowest BCUT2D eigenvalue weighted by atomic mass is 10.1. The molecule has 94 valence electrons. The van der Waals surface area contributed by atoms with Gasteiger partial charge in [0.25, 0.3) is 0 Å². The van der Waals surface area contributed by atoms with E-state index in [1.807, 2.05) is 0 Å². The number of rotatable bonds is 5. The number of carbonyl (C=O) groups is 3. The number of carbonyl (C=O) groups excluding carboxylic acids is 2. The van der Waals surface area contributed by atoms with E-state index in [0.717, 1.165) is 5.56 Å². The van der Waals surface area contributed by atoms with Crippen LogP contribution in [0, 0.1) is 0 Å². The van der Waals surface area contributed by atoms with E-state index >= 15 is 0 Å². The monoisotopic (exact) mass is 249 g/mol. The van der Waals surface area contributed by atoms with Gasteiger partial charge in [0.05, 0.1) is 6.42 Å². The zero-order valence-corrected chi connectivity index (χ0v) is 9.43. The van der Waals surface area contributed by atoms with Crippen LogP contribution < -0.4 is 5.32 Å². The van der Waals surface area contributed by atoms with Gasteiger partial charge in [-0.25, -0.2) is 4.79 Å². The van der Waals surface area contributed by atoms with Crippen molar-refractivity contribution < 1.29 is 24.2 Å². The molecule has 1 aliphatic rings. The molecule has 0 fully saturated rings. The van der Waals surface area contributed by atoms with Gasteiger partial charge in [-0.15, -0.1) is 0 Å². The molecule has 0 unspecified atom stereocenters. The SMILES string of the molecule is O=C(O)COCC(=O)c1ccc2c(c1)CC(=O)N2. The molecule has 1 aliphatic heterocycles. The Morgan fingerprint density at radius 1 is 1.33 bits per heavy atom. The first kappa shape index (κ1) is 12.3. The Balaban J connectivity index is 2.01. The molecule has 18 heavy (non-hydrogen) atoms. The molecule has 0 spiro atoms. The number of carboxylic acids is 1. The molecule has 0 radical (unpaired) electrons. The molecule has 0 aliphatic carbocycles. The molecule has 0 bridgehead atoms. The Morgan fingerprint density at radius 3 is 2.83 bits per heavy atom. The summed E-state index contributed by atoms with van der Waals surface area (Å²) in [5.41, 5.74) is 1.89. The van der Waals surface area contributed by atoms with Crippen LogP contribution in [0.3, 0.4) is 0 Å². The highest BCUT2D eigenvalue weighted by Crippen LogP contribution is 2.23. The number of carboxylic acid groups (broad SMARTS) is 1. The van der Waals surface area contributed by atoms with Gasteiger partial charge in [0.15, 0.2) is 5.78 Å². The smallest absolute Gasteiger partial charge is 0.329 e. The summed E-state index contributed by atoms with van der Waals surface area (Å²) in [7, 11) is 0. The number of nitrogens with one attached hydrogen (secondary N) is 1. The second-order valence-corrected chi connectivity index (χ2v) is 3.91. The molecule has 1 aromatic carbocycles. The van der Waals surface area contributed by atoms with Gasteiger partial charge in [0.1, 0.15) is 13.2 Å². The van der Waals surface area contributed by atoms with E-state index in [1.54, 1.807) is 18.2 Å². The van der Waals surface area contributed by atoms with Crippen molar-refractivity contribution in [3.05, 3.63) is 29.3 Å². The Morgan fingerprint density at radius 2 is 2.11 bits per heavy atom. The number of aliphatic carboxylic acids is 1. The van der Waals surface area contributed by atoms with Crippen molar-refractivity contribution >= 4 is 23.3 Å². The highest BCUT2D eigenvalue weighted by Gasteiger charge is 2.19. The number of ether oxygens (including phenoxy) is 1. The Hall–Kier alpha value is -2.21. The molecular formula is C12H11NO5. The van der Waals surface area contributed by atoms with Crippen LogP contribution in [0.1, 0.15) is 15.9 Å². The Kier molecular flexibility index (Phi) is 3.38. The van der Waals surface area contributed by atoms with E-state index in [1.165, 1.54) is 0 Å². The lowest BCUT2D eigenvalue weighted by molar-refractivity contribution is -0.141. The van der Waals surface area contributed by atoms with Gasteiger partial charge >= 0.3 is 5.97 Å². The maximum atomic E-state index is 11.7. The van der Waals surface area contributed by atoms with Crippen molar-refractivity contribution in [2.75, 3.05) is 18.5 Å². The summed E-state index contributed by atoms with van der Waals surface area (Å²) in [5.74, 6) is -1.53. The average Bonchev–Trinajstić information content (AvgIpc) is 2.67. The van der Waals surface area contributed by atoms with Gasteiger partial charge in [0.2, 0.25) is 5.91 Å². The van der Waals surface area contributed by atoms with Crippen LogP contribution in [0.15, 0.2) is 18.2 Å². The van der Waals surface area contributed by atoms with Gasteiger partial charge in [-0.3, -0.25) is 9.59 Å². The molecule has 1 amide bonds. The minimum Gasteiger partial charge on any atom is -0.480 e. The standard InChI is InChI=1S/C12H11NO5/c14-10(5-18-6-12(16)17)7-1-2-9-8(3-7)4-11(15)13-9/h1-3H,4-6H2,(H,13,15)(H,16,17). The third kappa shape index (κ3) is 2.72. The second kappa shape index (κ2) is 4.97. The third-order valence-electron chi connectivity index (χ3n) is 2.51. The van der Waals surface area contributed by atoms with Crippen LogP contribution in [0.5, 0.6) is 0 Å². The Labute approximate surface area is 103 Å². The summed E-state index contributed by atoms with van der Waals surface area (Å²) < 4.78 is 4.72. The van der Waals surface area contributed by atoms with Crippen molar-refractivity contribution in [3.8, 4) is 0 Å². The number of anilines is 1. The van der Waals surface area contributed by atoms with Crippen LogP contribution in [-0.2, 0) is 20.7 Å². The van der Waals surface area contributed by atoms with E-state index in [2.05, 4.69) is 5.32 Å². The summed E-state index contributed by atoms with van der Waals surface area (Å²) in [4.78, 5) is 33.1. The van der Waals surface area contributed by atoms with E-state index in [-0.39, 0.29) is 24.7 Å². The summed E-state index contributed by atoms with van der Waals surface area (Å²) in [5, 5.41) is 11.0. The number of ketones is 1. The minimum atomic E-state index is -1.12. The number of benzene rings is 1. The van der Waals surface area contributed by atoms with Gasteiger partial charge in [0, 0.05) is 11.3 Å². The van der Waals surface area contributed by atoms with E-state index in [0.29, 0.717) is 11.3 Å². The number of fused-ring (bicyclic) bond motifs is 1. The molecule has 1 aromatic rings. The van der Waals surface area contributed by atoms with Crippen LogP contribution >= 0.6 is 0 Å². The van der Waals surface area contributed by atoms with Crippen LogP contribution in [-0.4, -0.2) is 36.0 Å². The van der Waals surface area contributed by atoms with Crippen molar-refractivity contribution in [1.82, 2.24) is 0 Å². The maximum Gasteiger partial charge on any atom is 0.329 e. The highest BCUT2D eigenvalue weighted by atomic mass is 16.5.